The maximum atomic E-state index is 12.8. The minimum atomic E-state index is -0.989. The fourth-order valence-corrected chi connectivity index (χ4v) is 2.27. The van der Waals surface area contributed by atoms with Gasteiger partial charge in [0.05, 0.1) is 6.42 Å². The lowest BCUT2D eigenvalue weighted by Crippen LogP contribution is -2.44. The van der Waals surface area contributed by atoms with Gasteiger partial charge in [0.25, 0.3) is 5.91 Å². The molecule has 0 aromatic heterocycles. The third-order valence-corrected chi connectivity index (χ3v) is 3.63. The minimum Gasteiger partial charge on any atom is -0.324 e. The van der Waals surface area contributed by atoms with Gasteiger partial charge in [-0.05, 0) is 31.5 Å². The molecular formula is C16H19FN4O4. The first-order chi connectivity index (χ1) is 11.7. The molecule has 1 aliphatic heterocycles. The molecule has 25 heavy (non-hydrogen) atoms. The molecule has 0 radical (unpaired) electrons. The van der Waals surface area contributed by atoms with Gasteiger partial charge < -0.3 is 5.32 Å². The zero-order chi connectivity index (χ0) is 18.6. The molecule has 1 aromatic carbocycles. The van der Waals surface area contributed by atoms with Gasteiger partial charge in [-0.2, -0.15) is 0 Å². The van der Waals surface area contributed by atoms with Gasteiger partial charge in [0.15, 0.2) is 0 Å². The number of carbonyl (C=O) groups excluding carboxylic acids is 4. The SMILES string of the molecule is CC1(C)NC(=O)N(CCC(=O)NNC(=O)Cc2ccc(F)cc2)C1=O. The van der Waals surface area contributed by atoms with Gasteiger partial charge in [-0.1, -0.05) is 12.1 Å². The lowest BCUT2D eigenvalue weighted by atomic mass is 10.1. The zero-order valence-corrected chi connectivity index (χ0v) is 13.9. The fourth-order valence-electron chi connectivity index (χ4n) is 2.27. The van der Waals surface area contributed by atoms with Gasteiger partial charge in [0.1, 0.15) is 11.4 Å². The van der Waals surface area contributed by atoms with Crippen molar-refractivity contribution in [2.75, 3.05) is 6.54 Å². The van der Waals surface area contributed by atoms with Crippen LogP contribution in [0.25, 0.3) is 0 Å². The van der Waals surface area contributed by atoms with Gasteiger partial charge in [0.2, 0.25) is 11.8 Å². The predicted octanol–water partition coefficient (Wildman–Crippen LogP) is 0.236. The molecule has 0 unspecified atom stereocenters. The second kappa shape index (κ2) is 7.29. The Morgan fingerprint density at radius 1 is 1.12 bits per heavy atom. The van der Waals surface area contributed by atoms with Crippen LogP contribution >= 0.6 is 0 Å². The molecule has 0 bridgehead atoms. The number of hydrogen-bond donors (Lipinski definition) is 3. The van der Waals surface area contributed by atoms with Crippen LogP contribution in [0, 0.1) is 5.82 Å². The summed E-state index contributed by atoms with van der Waals surface area (Å²) in [5, 5.41) is 2.51. The molecule has 134 valence electrons. The van der Waals surface area contributed by atoms with E-state index in [1.165, 1.54) is 24.3 Å². The van der Waals surface area contributed by atoms with E-state index in [2.05, 4.69) is 16.2 Å². The molecule has 1 aromatic rings. The summed E-state index contributed by atoms with van der Waals surface area (Å²) in [6.45, 7) is 3.06. The van der Waals surface area contributed by atoms with E-state index >= 15 is 0 Å². The van der Waals surface area contributed by atoms with Gasteiger partial charge in [-0.25, -0.2) is 9.18 Å². The van der Waals surface area contributed by atoms with Crippen molar-refractivity contribution >= 4 is 23.8 Å². The summed E-state index contributed by atoms with van der Waals surface area (Å²) in [4.78, 5) is 48.0. The first-order valence-electron chi connectivity index (χ1n) is 7.65. The Hall–Kier alpha value is -2.97. The highest BCUT2D eigenvalue weighted by Gasteiger charge is 2.43. The predicted molar refractivity (Wildman–Crippen MR) is 85.3 cm³/mol. The van der Waals surface area contributed by atoms with Crippen LogP contribution in [0.1, 0.15) is 25.8 Å². The van der Waals surface area contributed by atoms with E-state index in [9.17, 15) is 23.6 Å². The Balaban J connectivity index is 1.73. The summed E-state index contributed by atoms with van der Waals surface area (Å²) in [6.07, 6.45) is -0.173. The van der Waals surface area contributed by atoms with Gasteiger partial charge in [0, 0.05) is 13.0 Å². The highest BCUT2D eigenvalue weighted by Crippen LogP contribution is 2.16. The standard InChI is InChI=1S/C16H19FN4O4/c1-16(2)14(24)21(15(25)18-16)8-7-12(22)19-20-13(23)9-10-3-5-11(17)6-4-10/h3-6H,7-9H2,1-2H3,(H,18,25)(H,19,22)(H,20,23). The van der Waals surface area contributed by atoms with Crippen LogP contribution in [-0.4, -0.2) is 40.7 Å². The summed E-state index contributed by atoms with van der Waals surface area (Å²) in [5.74, 6) is -1.83. The normalized spacial score (nSPS) is 15.7. The monoisotopic (exact) mass is 350 g/mol. The van der Waals surface area contributed by atoms with Crippen LogP contribution in [0.5, 0.6) is 0 Å². The number of nitrogens with one attached hydrogen (secondary N) is 3. The number of carbonyl (C=O) groups is 4. The van der Waals surface area contributed by atoms with Crippen LogP contribution in [-0.2, 0) is 20.8 Å². The third kappa shape index (κ3) is 4.75. The molecule has 0 atom stereocenters. The van der Waals surface area contributed by atoms with Crippen molar-refractivity contribution in [3.05, 3.63) is 35.6 Å². The molecule has 0 aliphatic carbocycles. The molecule has 1 fully saturated rings. The smallest absolute Gasteiger partial charge is 0.324 e. The van der Waals surface area contributed by atoms with Crippen molar-refractivity contribution in [1.82, 2.24) is 21.1 Å². The number of nitrogens with zero attached hydrogens (tertiary/aromatic N) is 1. The van der Waals surface area contributed by atoms with Crippen LogP contribution in [0.3, 0.4) is 0 Å². The van der Waals surface area contributed by atoms with Crippen molar-refractivity contribution in [3.63, 3.8) is 0 Å². The molecule has 5 amide bonds. The zero-order valence-electron chi connectivity index (χ0n) is 13.9. The summed E-state index contributed by atoms with van der Waals surface area (Å²) < 4.78 is 12.8. The molecule has 0 saturated carbocycles. The molecule has 9 heteroatoms. The van der Waals surface area contributed by atoms with Crippen LogP contribution < -0.4 is 16.2 Å². The average Bonchev–Trinajstić information content (AvgIpc) is 2.73. The summed E-state index contributed by atoms with van der Waals surface area (Å²) in [5.41, 5.74) is 4.03. The van der Waals surface area contributed by atoms with Crippen molar-refractivity contribution in [3.8, 4) is 0 Å². The number of benzene rings is 1. The Morgan fingerprint density at radius 3 is 2.28 bits per heavy atom. The number of halogens is 1. The van der Waals surface area contributed by atoms with Gasteiger partial charge >= 0.3 is 6.03 Å². The molecule has 1 saturated heterocycles. The second-order valence-electron chi connectivity index (χ2n) is 6.16. The number of hydrogen-bond acceptors (Lipinski definition) is 4. The first-order valence-corrected chi connectivity index (χ1v) is 7.65. The number of urea groups is 1. The van der Waals surface area contributed by atoms with Crippen LogP contribution in [0.4, 0.5) is 9.18 Å². The lowest BCUT2D eigenvalue weighted by Gasteiger charge is -2.15. The molecular weight excluding hydrogens is 331 g/mol. The topological polar surface area (TPSA) is 108 Å². The third-order valence-electron chi connectivity index (χ3n) is 3.63. The van der Waals surface area contributed by atoms with E-state index in [4.69, 9.17) is 0 Å². The van der Waals surface area contributed by atoms with Crippen LogP contribution in [0.2, 0.25) is 0 Å². The maximum Gasteiger partial charge on any atom is 0.325 e. The summed E-state index contributed by atoms with van der Waals surface area (Å²) in [7, 11) is 0. The molecule has 1 aliphatic rings. The van der Waals surface area contributed by atoms with E-state index in [0.29, 0.717) is 5.56 Å². The van der Waals surface area contributed by atoms with Crippen molar-refractivity contribution < 1.29 is 23.6 Å². The maximum absolute atomic E-state index is 12.8. The minimum absolute atomic E-state index is 0.0260. The molecule has 8 nitrogen and oxygen atoms in total. The number of rotatable bonds is 5. The molecule has 3 N–H and O–H groups in total. The van der Waals surface area contributed by atoms with E-state index in [0.717, 1.165) is 4.90 Å². The average molecular weight is 350 g/mol. The van der Waals surface area contributed by atoms with Crippen LogP contribution in [0.15, 0.2) is 24.3 Å². The van der Waals surface area contributed by atoms with Crippen molar-refractivity contribution in [1.29, 1.82) is 0 Å². The Kier molecular flexibility index (Phi) is 5.35. The fraction of sp³-hybridized carbons (Fsp3) is 0.375. The summed E-state index contributed by atoms with van der Waals surface area (Å²) >= 11 is 0. The van der Waals surface area contributed by atoms with Crippen molar-refractivity contribution in [2.45, 2.75) is 32.2 Å². The molecule has 0 spiro atoms. The van der Waals surface area contributed by atoms with E-state index in [1.54, 1.807) is 13.8 Å². The quantitative estimate of drug-likeness (QED) is 0.522. The van der Waals surface area contributed by atoms with Crippen molar-refractivity contribution in [2.24, 2.45) is 0 Å². The van der Waals surface area contributed by atoms with Gasteiger partial charge in [-0.3, -0.25) is 30.1 Å². The van der Waals surface area contributed by atoms with Gasteiger partial charge in [-0.15, -0.1) is 0 Å². The van der Waals surface area contributed by atoms with E-state index in [-0.39, 0.29) is 19.4 Å². The largest absolute Gasteiger partial charge is 0.325 e. The van der Waals surface area contributed by atoms with E-state index < -0.39 is 35.1 Å². The Bertz CT molecular complexity index is 703. The number of imide groups is 1. The highest BCUT2D eigenvalue weighted by molar-refractivity contribution is 6.06. The number of hydrazine groups is 1. The number of amides is 5. The first kappa shape index (κ1) is 18.4. The Morgan fingerprint density at radius 2 is 1.72 bits per heavy atom. The molecule has 1 heterocycles. The highest BCUT2D eigenvalue weighted by atomic mass is 19.1. The summed E-state index contributed by atoms with van der Waals surface area (Å²) in [6, 6.07) is 4.86. The molecule has 2 rings (SSSR count). The second-order valence-corrected chi connectivity index (χ2v) is 6.16. The van der Waals surface area contributed by atoms with E-state index in [1.807, 2.05) is 0 Å². The lowest BCUT2D eigenvalue weighted by molar-refractivity contribution is -0.131. The Labute approximate surface area is 143 Å².